The summed E-state index contributed by atoms with van der Waals surface area (Å²) in [6.07, 6.45) is 0. The molecule has 19 heavy (non-hydrogen) atoms. The fraction of sp³-hybridized carbons (Fsp3) is 0.462. The van der Waals surface area contributed by atoms with Crippen molar-refractivity contribution in [3.8, 4) is 17.2 Å². The zero-order chi connectivity index (χ0) is 14.4. The van der Waals surface area contributed by atoms with Crippen LogP contribution in [0.2, 0.25) is 0 Å². The van der Waals surface area contributed by atoms with Gasteiger partial charge in [-0.05, 0) is 24.7 Å². The van der Waals surface area contributed by atoms with Gasteiger partial charge in [0.15, 0.2) is 11.5 Å². The number of nitrogens with one attached hydrogen (secondary N) is 1. The first-order valence-corrected chi connectivity index (χ1v) is 5.84. The largest absolute Gasteiger partial charge is 0.502 e. The quantitative estimate of drug-likeness (QED) is 0.790. The topological polar surface area (TPSA) is 71.0 Å². The maximum atomic E-state index is 11.3. The molecule has 106 valence electrons. The number of phenolic OH excluding ortho intramolecular Hbond substituents is 1. The second-order valence-corrected chi connectivity index (χ2v) is 4.19. The maximum Gasteiger partial charge on any atom is 0.233 e. The minimum atomic E-state index is -0.0554. The van der Waals surface area contributed by atoms with Crippen molar-refractivity contribution in [2.24, 2.45) is 0 Å². The van der Waals surface area contributed by atoms with Crippen molar-refractivity contribution < 1.29 is 19.4 Å². The zero-order valence-corrected chi connectivity index (χ0v) is 11.7. The first-order valence-electron chi connectivity index (χ1n) is 5.84. The molecular formula is C13H20N2O4. The number of amides is 1. The number of nitrogens with zero attached hydrogens (tertiary/aromatic N) is 1. The molecule has 0 atom stereocenters. The molecule has 6 heteroatoms. The highest BCUT2D eigenvalue weighted by Crippen LogP contribution is 2.37. The van der Waals surface area contributed by atoms with E-state index in [0.717, 1.165) is 5.56 Å². The molecule has 0 aliphatic carbocycles. The Morgan fingerprint density at radius 2 is 1.84 bits per heavy atom. The lowest BCUT2D eigenvalue weighted by atomic mass is 10.1. The van der Waals surface area contributed by atoms with Gasteiger partial charge in [-0.25, -0.2) is 0 Å². The summed E-state index contributed by atoms with van der Waals surface area (Å²) in [4.78, 5) is 13.1. The van der Waals surface area contributed by atoms with Gasteiger partial charge in [-0.1, -0.05) is 0 Å². The van der Waals surface area contributed by atoms with Crippen LogP contribution < -0.4 is 14.8 Å². The molecule has 0 spiro atoms. The van der Waals surface area contributed by atoms with E-state index in [9.17, 15) is 9.90 Å². The monoisotopic (exact) mass is 268 g/mol. The van der Waals surface area contributed by atoms with Crippen LogP contribution in [0.15, 0.2) is 12.1 Å². The second-order valence-electron chi connectivity index (χ2n) is 4.19. The normalized spacial score (nSPS) is 10.4. The lowest BCUT2D eigenvalue weighted by Gasteiger charge is -2.17. The van der Waals surface area contributed by atoms with Crippen molar-refractivity contribution in [2.75, 3.05) is 34.9 Å². The molecule has 2 N–H and O–H groups in total. The van der Waals surface area contributed by atoms with Gasteiger partial charge in [0.1, 0.15) is 0 Å². The van der Waals surface area contributed by atoms with Gasteiger partial charge in [-0.3, -0.25) is 9.69 Å². The zero-order valence-electron chi connectivity index (χ0n) is 11.7. The minimum absolute atomic E-state index is 0.0253. The van der Waals surface area contributed by atoms with E-state index in [-0.39, 0.29) is 11.7 Å². The molecule has 0 unspecified atom stereocenters. The number of phenols is 1. The highest BCUT2D eigenvalue weighted by atomic mass is 16.5. The summed E-state index contributed by atoms with van der Waals surface area (Å²) < 4.78 is 10.2. The van der Waals surface area contributed by atoms with Gasteiger partial charge in [-0.15, -0.1) is 0 Å². The van der Waals surface area contributed by atoms with Crippen molar-refractivity contribution in [2.45, 2.75) is 6.54 Å². The summed E-state index contributed by atoms with van der Waals surface area (Å²) >= 11 is 0. The van der Waals surface area contributed by atoms with Crippen molar-refractivity contribution >= 4 is 5.91 Å². The van der Waals surface area contributed by atoms with E-state index in [1.807, 2.05) is 11.9 Å². The summed E-state index contributed by atoms with van der Waals surface area (Å²) in [5.74, 6) is 0.619. The Hall–Kier alpha value is -1.95. The summed E-state index contributed by atoms with van der Waals surface area (Å²) in [6.45, 7) is 0.836. The van der Waals surface area contributed by atoms with Gasteiger partial charge >= 0.3 is 0 Å². The number of carbonyl (C=O) groups is 1. The number of aromatic hydroxyl groups is 1. The van der Waals surface area contributed by atoms with E-state index in [0.29, 0.717) is 24.6 Å². The Kier molecular flexibility index (Phi) is 5.44. The van der Waals surface area contributed by atoms with Crippen LogP contribution in [0.1, 0.15) is 5.56 Å². The van der Waals surface area contributed by atoms with Crippen LogP contribution in [0.5, 0.6) is 17.2 Å². The molecule has 1 aromatic rings. The predicted octanol–water partition coefficient (Wildman–Crippen LogP) is 0.587. The van der Waals surface area contributed by atoms with Gasteiger partial charge in [0.05, 0.1) is 20.8 Å². The van der Waals surface area contributed by atoms with Crippen LogP contribution >= 0.6 is 0 Å². The van der Waals surface area contributed by atoms with Gasteiger partial charge in [0.25, 0.3) is 0 Å². The fourth-order valence-corrected chi connectivity index (χ4v) is 1.73. The molecule has 0 aromatic heterocycles. The third-order valence-corrected chi connectivity index (χ3v) is 2.68. The van der Waals surface area contributed by atoms with E-state index >= 15 is 0 Å². The molecule has 0 saturated heterocycles. The van der Waals surface area contributed by atoms with Crippen LogP contribution in [0.25, 0.3) is 0 Å². The number of hydrogen-bond donors (Lipinski definition) is 2. The lowest BCUT2D eigenvalue weighted by Crippen LogP contribution is -2.32. The highest BCUT2D eigenvalue weighted by Gasteiger charge is 2.13. The first kappa shape index (κ1) is 15.1. The number of methoxy groups -OCH3 is 2. The van der Waals surface area contributed by atoms with Gasteiger partial charge in [0, 0.05) is 13.6 Å². The van der Waals surface area contributed by atoms with E-state index in [2.05, 4.69) is 5.32 Å². The average molecular weight is 268 g/mol. The molecule has 0 heterocycles. The van der Waals surface area contributed by atoms with E-state index < -0.39 is 0 Å². The molecule has 1 aromatic carbocycles. The molecule has 0 bridgehead atoms. The number of rotatable bonds is 6. The Labute approximate surface area is 112 Å². The molecule has 6 nitrogen and oxygen atoms in total. The predicted molar refractivity (Wildman–Crippen MR) is 71.6 cm³/mol. The smallest absolute Gasteiger partial charge is 0.233 e. The summed E-state index contributed by atoms with van der Waals surface area (Å²) in [6, 6.07) is 3.44. The molecule has 1 amide bonds. The van der Waals surface area contributed by atoms with Gasteiger partial charge in [-0.2, -0.15) is 0 Å². The van der Waals surface area contributed by atoms with E-state index in [1.165, 1.54) is 14.2 Å². The molecule has 1 rings (SSSR count). The van der Waals surface area contributed by atoms with Crippen LogP contribution in [-0.4, -0.2) is 50.8 Å². The molecular weight excluding hydrogens is 248 g/mol. The number of hydrogen-bond acceptors (Lipinski definition) is 5. The third kappa shape index (κ3) is 4.03. The lowest BCUT2D eigenvalue weighted by molar-refractivity contribution is -0.121. The van der Waals surface area contributed by atoms with Crippen molar-refractivity contribution in [1.29, 1.82) is 0 Å². The minimum Gasteiger partial charge on any atom is -0.502 e. The Morgan fingerprint density at radius 3 is 2.26 bits per heavy atom. The fourth-order valence-electron chi connectivity index (χ4n) is 1.73. The van der Waals surface area contributed by atoms with Crippen LogP contribution in [0.4, 0.5) is 0 Å². The van der Waals surface area contributed by atoms with Crippen LogP contribution in [0, 0.1) is 0 Å². The van der Waals surface area contributed by atoms with Crippen LogP contribution in [0.3, 0.4) is 0 Å². The molecule has 0 saturated carbocycles. The van der Waals surface area contributed by atoms with Gasteiger partial charge < -0.3 is 19.9 Å². The average Bonchev–Trinajstić information content (AvgIpc) is 2.40. The Bertz CT molecular complexity index is 423. The van der Waals surface area contributed by atoms with Crippen molar-refractivity contribution in [3.05, 3.63) is 17.7 Å². The number of carbonyl (C=O) groups excluding carboxylic acids is 1. The molecule has 0 aliphatic rings. The summed E-state index contributed by atoms with van der Waals surface area (Å²) in [5.41, 5.74) is 0.887. The molecule has 0 radical (unpaired) electrons. The van der Waals surface area contributed by atoms with Crippen molar-refractivity contribution in [3.63, 3.8) is 0 Å². The summed E-state index contributed by atoms with van der Waals surface area (Å²) in [5, 5.41) is 12.4. The maximum absolute atomic E-state index is 11.3. The van der Waals surface area contributed by atoms with E-state index in [1.54, 1.807) is 19.2 Å². The second kappa shape index (κ2) is 6.84. The number of benzene rings is 1. The molecule has 0 aliphatic heterocycles. The number of likely N-dealkylation sites (N-methyl/N-ethyl adjacent to an activating group) is 2. The van der Waals surface area contributed by atoms with Crippen LogP contribution in [-0.2, 0) is 11.3 Å². The highest BCUT2D eigenvalue weighted by molar-refractivity contribution is 5.77. The SMILES string of the molecule is CNC(=O)CN(C)Cc1cc(OC)c(O)c(OC)c1. The van der Waals surface area contributed by atoms with Gasteiger partial charge in [0.2, 0.25) is 11.7 Å². The number of ether oxygens (including phenoxy) is 2. The Morgan fingerprint density at radius 1 is 1.32 bits per heavy atom. The third-order valence-electron chi connectivity index (χ3n) is 2.68. The molecule has 0 fully saturated rings. The first-order chi connectivity index (χ1) is 9.01. The standard InChI is InChI=1S/C13H20N2O4/c1-14-12(16)8-15(2)7-9-5-10(18-3)13(17)11(6-9)19-4/h5-6,17H,7-8H2,1-4H3,(H,14,16). The van der Waals surface area contributed by atoms with Crippen molar-refractivity contribution in [1.82, 2.24) is 10.2 Å². The Balaban J connectivity index is 2.86. The summed E-state index contributed by atoms with van der Waals surface area (Å²) in [7, 11) is 6.39. The van der Waals surface area contributed by atoms with E-state index in [4.69, 9.17) is 9.47 Å².